The number of nitrogens with one attached hydrogen (secondary N) is 1. The molecule has 1 aromatic carbocycles. The van der Waals surface area contributed by atoms with E-state index in [0.717, 1.165) is 6.07 Å². The Hall–Kier alpha value is -2.44. The van der Waals surface area contributed by atoms with Crippen LogP contribution in [0.3, 0.4) is 0 Å². The maximum absolute atomic E-state index is 13.4. The highest BCUT2D eigenvalue weighted by molar-refractivity contribution is 5.95. The summed E-state index contributed by atoms with van der Waals surface area (Å²) >= 11 is 0. The molecule has 6 nitrogen and oxygen atoms in total. The van der Waals surface area contributed by atoms with Crippen molar-refractivity contribution in [3.63, 3.8) is 0 Å². The van der Waals surface area contributed by atoms with Gasteiger partial charge in [0.1, 0.15) is 0 Å². The van der Waals surface area contributed by atoms with Crippen molar-refractivity contribution in [2.24, 2.45) is 5.73 Å². The lowest BCUT2D eigenvalue weighted by atomic mass is 10.2. The molecule has 0 aromatic heterocycles. The fourth-order valence-corrected chi connectivity index (χ4v) is 1.20. The van der Waals surface area contributed by atoms with E-state index in [1.807, 2.05) is 0 Å². The van der Waals surface area contributed by atoms with Crippen LogP contribution in [0.2, 0.25) is 0 Å². The van der Waals surface area contributed by atoms with E-state index in [4.69, 9.17) is 10.5 Å². The van der Waals surface area contributed by atoms with Gasteiger partial charge in [0.15, 0.2) is 24.0 Å². The van der Waals surface area contributed by atoms with E-state index in [-0.39, 0.29) is 11.3 Å². The Balaban J connectivity index is 2.87. The smallest absolute Gasteiger partial charge is 0.318 e. The maximum Gasteiger partial charge on any atom is 0.318 e. The molecule has 3 N–H and O–H groups in total. The van der Waals surface area contributed by atoms with Crippen LogP contribution in [0.4, 0.5) is 9.18 Å². The third-order valence-electron chi connectivity index (χ3n) is 2.03. The van der Waals surface area contributed by atoms with Gasteiger partial charge in [-0.3, -0.25) is 14.9 Å². The number of halogens is 1. The number of hydrogen-bond acceptors (Lipinski definition) is 4. The summed E-state index contributed by atoms with van der Waals surface area (Å²) < 4.78 is 18.4. The summed E-state index contributed by atoms with van der Waals surface area (Å²) in [5.74, 6) is -1.96. The number of hydrogen-bond donors (Lipinski definition) is 2. The molecule has 0 aliphatic heterocycles. The zero-order chi connectivity index (χ0) is 13.7. The van der Waals surface area contributed by atoms with Crippen molar-refractivity contribution < 1.29 is 23.5 Å². The molecule has 1 atom stereocenters. The minimum atomic E-state index is -1.17. The number of para-hydroxylation sites is 1. The fraction of sp³-hybridized carbons (Fsp3) is 0.182. The third-order valence-corrected chi connectivity index (χ3v) is 2.03. The van der Waals surface area contributed by atoms with E-state index in [2.05, 4.69) is 0 Å². The molecule has 0 aliphatic carbocycles. The molecule has 0 saturated carbocycles. The molecule has 0 fully saturated rings. The highest BCUT2D eigenvalue weighted by Gasteiger charge is 2.19. The molecule has 1 unspecified atom stereocenters. The summed E-state index contributed by atoms with van der Waals surface area (Å²) in [5.41, 5.74) is 4.72. The number of rotatable bonds is 4. The van der Waals surface area contributed by atoms with Crippen LogP contribution in [0.25, 0.3) is 0 Å². The summed E-state index contributed by atoms with van der Waals surface area (Å²) in [7, 11) is 0. The van der Waals surface area contributed by atoms with Crippen molar-refractivity contribution in [3.05, 3.63) is 29.6 Å². The molecule has 1 aromatic rings. The number of primary amides is 1. The van der Waals surface area contributed by atoms with Gasteiger partial charge in [-0.05, 0) is 19.1 Å². The van der Waals surface area contributed by atoms with Crippen LogP contribution in [0.1, 0.15) is 17.3 Å². The quantitative estimate of drug-likeness (QED) is 0.768. The predicted octanol–water partition coefficient (Wildman–Crippen LogP) is 0.600. The van der Waals surface area contributed by atoms with Gasteiger partial charge < -0.3 is 10.5 Å². The van der Waals surface area contributed by atoms with E-state index < -0.39 is 23.9 Å². The largest absolute Gasteiger partial charge is 0.477 e. The van der Waals surface area contributed by atoms with E-state index in [0.29, 0.717) is 6.29 Å². The van der Waals surface area contributed by atoms with Crippen LogP contribution in [0.5, 0.6) is 5.75 Å². The van der Waals surface area contributed by atoms with Gasteiger partial charge in [-0.25, -0.2) is 9.18 Å². The van der Waals surface area contributed by atoms with Crippen LogP contribution in [0.15, 0.2) is 18.2 Å². The molecule has 0 spiro atoms. The Kier molecular flexibility index (Phi) is 4.36. The predicted molar refractivity (Wildman–Crippen MR) is 59.6 cm³/mol. The first kappa shape index (κ1) is 13.6. The normalized spacial score (nSPS) is 11.4. The Labute approximate surface area is 102 Å². The number of carbonyl (C=O) groups is 3. The monoisotopic (exact) mass is 254 g/mol. The molecular weight excluding hydrogens is 243 g/mol. The molecule has 96 valence electrons. The summed E-state index contributed by atoms with van der Waals surface area (Å²) in [4.78, 5) is 32.5. The van der Waals surface area contributed by atoms with Gasteiger partial charge in [0.2, 0.25) is 0 Å². The van der Waals surface area contributed by atoms with Gasteiger partial charge in [0.25, 0.3) is 5.91 Å². The highest BCUT2D eigenvalue weighted by atomic mass is 19.1. The topological polar surface area (TPSA) is 98.5 Å². The van der Waals surface area contributed by atoms with Crippen LogP contribution in [0, 0.1) is 5.82 Å². The third kappa shape index (κ3) is 3.27. The van der Waals surface area contributed by atoms with Crippen LogP contribution < -0.4 is 15.8 Å². The summed E-state index contributed by atoms with van der Waals surface area (Å²) in [5, 5.41) is 1.78. The van der Waals surface area contributed by atoms with Crippen molar-refractivity contribution in [2.45, 2.75) is 13.0 Å². The first-order chi connectivity index (χ1) is 8.45. The minimum absolute atomic E-state index is 0.0336. The molecule has 0 bridgehead atoms. The van der Waals surface area contributed by atoms with E-state index in [1.54, 1.807) is 5.32 Å². The lowest BCUT2D eigenvalue weighted by Gasteiger charge is -2.15. The molecule has 0 aliphatic rings. The van der Waals surface area contributed by atoms with Gasteiger partial charge in [-0.2, -0.15) is 0 Å². The summed E-state index contributed by atoms with van der Waals surface area (Å²) in [6, 6.07) is 2.71. The number of urea groups is 1. The Morgan fingerprint density at radius 1 is 1.50 bits per heavy atom. The highest BCUT2D eigenvalue weighted by Crippen LogP contribution is 2.22. The molecule has 1 rings (SSSR count). The zero-order valence-electron chi connectivity index (χ0n) is 9.48. The van der Waals surface area contributed by atoms with Gasteiger partial charge in [0, 0.05) is 0 Å². The average molecular weight is 254 g/mol. The molecule has 0 heterocycles. The Morgan fingerprint density at radius 2 is 2.17 bits per heavy atom. The molecule has 7 heteroatoms. The lowest BCUT2D eigenvalue weighted by Crippen LogP contribution is -2.42. The van der Waals surface area contributed by atoms with Gasteiger partial charge >= 0.3 is 6.03 Å². The van der Waals surface area contributed by atoms with Crippen LogP contribution >= 0.6 is 0 Å². The molecular formula is C11H11FN2O4. The zero-order valence-corrected chi connectivity index (χ0v) is 9.48. The standard InChI is InChI=1S/C11H11FN2O4/c1-6(10(16)14-11(13)17)18-9-7(5-15)3-2-4-8(9)12/h2-6H,1H3,(H3,13,14,16,17). The molecule has 18 heavy (non-hydrogen) atoms. The number of nitrogens with two attached hydrogens (primary N) is 1. The van der Waals surface area contributed by atoms with Gasteiger partial charge in [0.05, 0.1) is 5.56 Å². The number of imide groups is 1. The number of benzene rings is 1. The molecule has 0 radical (unpaired) electrons. The van der Waals surface area contributed by atoms with E-state index in [1.165, 1.54) is 19.1 Å². The Morgan fingerprint density at radius 3 is 2.72 bits per heavy atom. The van der Waals surface area contributed by atoms with E-state index in [9.17, 15) is 18.8 Å². The minimum Gasteiger partial charge on any atom is -0.477 e. The van der Waals surface area contributed by atoms with Crippen LogP contribution in [-0.2, 0) is 4.79 Å². The van der Waals surface area contributed by atoms with Crippen molar-refractivity contribution >= 4 is 18.2 Å². The Bertz CT molecular complexity index is 490. The van der Waals surface area contributed by atoms with Crippen molar-refractivity contribution in [2.75, 3.05) is 0 Å². The van der Waals surface area contributed by atoms with Crippen molar-refractivity contribution in [1.82, 2.24) is 5.32 Å². The number of amides is 3. The van der Waals surface area contributed by atoms with E-state index >= 15 is 0 Å². The maximum atomic E-state index is 13.4. The molecule has 0 saturated heterocycles. The SMILES string of the molecule is CC(Oc1c(F)cccc1C=O)C(=O)NC(N)=O. The lowest BCUT2D eigenvalue weighted by molar-refractivity contribution is -0.126. The first-order valence-electron chi connectivity index (χ1n) is 4.96. The second-order valence-corrected chi connectivity index (χ2v) is 3.39. The average Bonchev–Trinajstić information content (AvgIpc) is 2.30. The van der Waals surface area contributed by atoms with Crippen molar-refractivity contribution in [3.8, 4) is 5.75 Å². The second kappa shape index (κ2) is 5.76. The van der Waals surface area contributed by atoms with Crippen molar-refractivity contribution in [1.29, 1.82) is 0 Å². The summed E-state index contributed by atoms with van der Waals surface area (Å²) in [6.07, 6.45) is -0.773. The van der Waals surface area contributed by atoms with Crippen LogP contribution in [-0.4, -0.2) is 24.3 Å². The summed E-state index contributed by atoms with van der Waals surface area (Å²) in [6.45, 7) is 1.29. The van der Waals surface area contributed by atoms with Gasteiger partial charge in [-0.1, -0.05) is 6.07 Å². The number of aldehydes is 1. The van der Waals surface area contributed by atoms with Gasteiger partial charge in [-0.15, -0.1) is 0 Å². The second-order valence-electron chi connectivity index (χ2n) is 3.39. The first-order valence-corrected chi connectivity index (χ1v) is 4.96. The fourth-order valence-electron chi connectivity index (χ4n) is 1.20. The number of carbonyl (C=O) groups excluding carboxylic acids is 3. The molecule has 3 amide bonds. The number of ether oxygens (including phenoxy) is 1.